The van der Waals surface area contributed by atoms with Crippen molar-refractivity contribution < 1.29 is 18.9 Å². The molecular weight excluding hydrogens is 601 g/mol. The van der Waals surface area contributed by atoms with Gasteiger partial charge in [-0.25, -0.2) is 0 Å². The van der Waals surface area contributed by atoms with E-state index in [0.29, 0.717) is 0 Å². The van der Waals surface area contributed by atoms with E-state index in [1.807, 2.05) is 31.4 Å². The van der Waals surface area contributed by atoms with Crippen LogP contribution in [0.1, 0.15) is 144 Å². The molecule has 0 rings (SSSR count). The molecule has 0 radical (unpaired) electrons. The Morgan fingerprint density at radius 1 is 0.439 bits per heavy atom. The van der Waals surface area contributed by atoms with E-state index in [1.165, 1.54) is 87.8 Å². The molecule has 9 heteroatoms. The third kappa shape index (κ3) is 24.3. The molecule has 41 heavy (non-hydrogen) atoms. The van der Waals surface area contributed by atoms with Gasteiger partial charge in [0.25, 0.3) is 0 Å². The van der Waals surface area contributed by atoms with E-state index in [1.54, 1.807) is 0 Å². The first-order valence-electron chi connectivity index (χ1n) is 17.5. The maximum absolute atomic E-state index is 6.51. The van der Waals surface area contributed by atoms with Crippen LogP contribution in [0.25, 0.3) is 0 Å². The summed E-state index contributed by atoms with van der Waals surface area (Å²) in [5.41, 5.74) is -0.439. The monoisotopic (exact) mass is 670 g/mol. The Labute approximate surface area is 273 Å². The smallest absolute Gasteiger partial charge is 0.144 e. The Bertz CT molecular complexity index is 471. The molecule has 0 aromatic rings. The maximum Gasteiger partial charge on any atom is 0.144 e. The fourth-order valence-corrected chi connectivity index (χ4v) is 12.6. The molecule has 0 aliphatic heterocycles. The van der Waals surface area contributed by atoms with Gasteiger partial charge in [-0.3, -0.25) is 0 Å². The predicted molar refractivity (Wildman–Crippen MR) is 196 cm³/mol. The molecule has 0 amide bonds. The van der Waals surface area contributed by atoms with E-state index in [9.17, 15) is 0 Å². The number of ether oxygens (including phenoxy) is 4. The molecule has 0 aliphatic rings. The van der Waals surface area contributed by atoms with E-state index in [-0.39, 0.29) is 10.8 Å². The highest BCUT2D eigenvalue weighted by atomic mass is 33.5. The zero-order valence-corrected chi connectivity index (χ0v) is 33.5. The second kappa shape index (κ2) is 31.3. The second-order valence-corrected chi connectivity index (χ2v) is 20.5. The summed E-state index contributed by atoms with van der Waals surface area (Å²) in [6.45, 7) is 17.0. The normalized spacial score (nSPS) is 13.0. The molecule has 0 saturated carbocycles. The zero-order valence-electron chi connectivity index (χ0n) is 28.2. The maximum atomic E-state index is 6.51. The minimum atomic E-state index is -0.398. The molecule has 0 N–H and O–H groups in total. The summed E-state index contributed by atoms with van der Waals surface area (Å²) in [5, 5.41) is 0. The van der Waals surface area contributed by atoms with Crippen LogP contribution in [-0.4, -0.2) is 67.8 Å². The molecule has 0 aliphatic carbocycles. The van der Waals surface area contributed by atoms with E-state index in [4.69, 9.17) is 18.9 Å². The molecular formula is C32H70O4S3Si2. The molecule has 0 fully saturated rings. The average molecular weight is 671 g/mol. The number of rotatable bonds is 34. The van der Waals surface area contributed by atoms with Crippen molar-refractivity contribution in [3.05, 3.63) is 0 Å². The van der Waals surface area contributed by atoms with Gasteiger partial charge in [0, 0.05) is 37.9 Å². The van der Waals surface area contributed by atoms with E-state index < -0.39 is 19.0 Å². The SMILES string of the molecule is CCCCOC(CCCCSSSCCCCC(OCCCC)(OCCCC)[SiH2]CCC)(OCCCC)[SiH2]CCC. The summed E-state index contributed by atoms with van der Waals surface area (Å²) in [6.07, 6.45) is 18.9. The minimum absolute atomic E-state index is 0.220. The Balaban J connectivity index is 4.39. The molecule has 248 valence electrons. The number of hydrogen-bond donors (Lipinski definition) is 0. The van der Waals surface area contributed by atoms with Gasteiger partial charge in [-0.1, -0.05) is 114 Å². The van der Waals surface area contributed by atoms with Crippen LogP contribution in [0.2, 0.25) is 12.1 Å². The highest BCUT2D eigenvalue weighted by molar-refractivity contribution is 9.09. The average Bonchev–Trinajstić information content (AvgIpc) is 2.98. The largest absolute Gasteiger partial charge is 0.354 e. The lowest BCUT2D eigenvalue weighted by molar-refractivity contribution is -0.187. The van der Waals surface area contributed by atoms with E-state index >= 15 is 0 Å². The first-order valence-corrected chi connectivity index (χ1v) is 24.8. The third-order valence-corrected chi connectivity index (χ3v) is 17.0. The first-order chi connectivity index (χ1) is 20.1. The van der Waals surface area contributed by atoms with Crippen molar-refractivity contribution in [1.29, 1.82) is 0 Å². The van der Waals surface area contributed by atoms with Gasteiger partial charge >= 0.3 is 0 Å². The van der Waals surface area contributed by atoms with Gasteiger partial charge in [0.1, 0.15) is 10.8 Å². The molecule has 0 bridgehead atoms. The van der Waals surface area contributed by atoms with Gasteiger partial charge in [-0.15, -0.1) is 0 Å². The van der Waals surface area contributed by atoms with Crippen LogP contribution in [-0.2, 0) is 18.9 Å². The summed E-state index contributed by atoms with van der Waals surface area (Å²) in [6, 6.07) is 2.63. The Morgan fingerprint density at radius 3 is 1.07 bits per heavy atom. The molecule has 0 spiro atoms. The number of unbranched alkanes of at least 4 members (excludes halogenated alkanes) is 6. The molecule has 4 nitrogen and oxygen atoms in total. The summed E-state index contributed by atoms with van der Waals surface area (Å²) < 4.78 is 26.0. The molecule has 0 atom stereocenters. The van der Waals surface area contributed by atoms with Crippen molar-refractivity contribution in [2.45, 2.75) is 167 Å². The van der Waals surface area contributed by atoms with Crippen LogP contribution >= 0.6 is 31.4 Å². The summed E-state index contributed by atoms with van der Waals surface area (Å²) in [7, 11) is 5.26. The minimum Gasteiger partial charge on any atom is -0.354 e. The van der Waals surface area contributed by atoms with Crippen LogP contribution in [0.15, 0.2) is 0 Å². The third-order valence-electron chi connectivity index (χ3n) is 7.44. The van der Waals surface area contributed by atoms with Crippen LogP contribution in [0.5, 0.6) is 0 Å². The lowest BCUT2D eigenvalue weighted by Gasteiger charge is -2.34. The molecule has 0 aromatic carbocycles. The second-order valence-electron chi connectivity index (χ2n) is 11.5. The van der Waals surface area contributed by atoms with E-state index in [2.05, 4.69) is 41.5 Å². The van der Waals surface area contributed by atoms with Crippen molar-refractivity contribution >= 4 is 50.5 Å². The van der Waals surface area contributed by atoms with Crippen LogP contribution in [0.3, 0.4) is 0 Å². The Hall–Kier alpha value is 1.32. The molecule has 0 saturated heterocycles. The Kier molecular flexibility index (Phi) is 32.3. The molecule has 0 aromatic heterocycles. The van der Waals surface area contributed by atoms with Crippen molar-refractivity contribution in [2.75, 3.05) is 37.9 Å². The first kappa shape index (κ1) is 42.3. The van der Waals surface area contributed by atoms with Gasteiger partial charge in [-0.05, 0) is 74.0 Å². The van der Waals surface area contributed by atoms with Gasteiger partial charge in [0.2, 0.25) is 0 Å². The molecule has 0 heterocycles. The van der Waals surface area contributed by atoms with Gasteiger partial charge in [0.15, 0.2) is 0 Å². The quantitative estimate of drug-likeness (QED) is 0.0292. The summed E-state index contributed by atoms with van der Waals surface area (Å²) in [5.74, 6) is 2.44. The van der Waals surface area contributed by atoms with E-state index in [0.717, 1.165) is 65.0 Å². The fourth-order valence-electron chi connectivity index (χ4n) is 4.63. The van der Waals surface area contributed by atoms with Crippen LogP contribution in [0.4, 0.5) is 0 Å². The van der Waals surface area contributed by atoms with Gasteiger partial charge in [0.05, 0.1) is 19.0 Å². The summed E-state index contributed by atoms with van der Waals surface area (Å²) in [4.78, 5) is 0. The fraction of sp³-hybridized carbons (Fsp3) is 1.00. The highest BCUT2D eigenvalue weighted by Gasteiger charge is 2.32. The topological polar surface area (TPSA) is 36.9 Å². The predicted octanol–water partition coefficient (Wildman–Crippen LogP) is 9.93. The highest BCUT2D eigenvalue weighted by Crippen LogP contribution is 2.36. The van der Waals surface area contributed by atoms with Crippen molar-refractivity contribution in [3.8, 4) is 0 Å². The Morgan fingerprint density at radius 2 is 0.780 bits per heavy atom. The lowest BCUT2D eigenvalue weighted by atomic mass is 10.2. The number of hydrogen-bond acceptors (Lipinski definition) is 7. The van der Waals surface area contributed by atoms with Gasteiger partial charge in [-0.2, -0.15) is 0 Å². The van der Waals surface area contributed by atoms with Crippen molar-refractivity contribution in [1.82, 2.24) is 0 Å². The summed E-state index contributed by atoms with van der Waals surface area (Å²) >= 11 is 0. The van der Waals surface area contributed by atoms with Crippen molar-refractivity contribution in [2.24, 2.45) is 0 Å². The van der Waals surface area contributed by atoms with Crippen LogP contribution < -0.4 is 0 Å². The standard InChI is InChI=1S/C32H70O4S3Si2/c1-7-13-23-33-31(40-29-11-5,34-24-14-8-2)21-17-19-27-37-39-38-28-20-18-22-32(41-30-12-6,35-25-15-9-3)36-26-16-10-4/h7-30,40-41H2,1-6H3. The van der Waals surface area contributed by atoms with Crippen molar-refractivity contribution in [3.63, 3.8) is 0 Å². The van der Waals surface area contributed by atoms with Crippen LogP contribution in [0, 0.1) is 0 Å². The molecule has 0 unspecified atom stereocenters. The zero-order chi connectivity index (χ0) is 30.3. The lowest BCUT2D eigenvalue weighted by Crippen LogP contribution is -2.43. The van der Waals surface area contributed by atoms with Gasteiger partial charge < -0.3 is 18.9 Å².